The minimum absolute atomic E-state index is 0.203. The molecule has 1 aliphatic rings. The van der Waals surface area contributed by atoms with Crippen molar-refractivity contribution in [2.75, 3.05) is 39.8 Å². The predicted molar refractivity (Wildman–Crippen MR) is 129 cm³/mol. The highest BCUT2D eigenvalue weighted by atomic mass is 16.5. The van der Waals surface area contributed by atoms with Crippen LogP contribution in [0.15, 0.2) is 54.6 Å². The zero-order valence-corrected chi connectivity index (χ0v) is 19.7. The smallest absolute Gasteiger partial charge is 0.236 e. The molecule has 2 aromatic carbocycles. The largest absolute Gasteiger partial charge is 0.489 e. The number of nitrogens with one attached hydrogen (secondary N) is 2. The predicted octanol–water partition coefficient (Wildman–Crippen LogP) is 3.77. The second-order valence-electron chi connectivity index (χ2n) is 6.12. The van der Waals surface area contributed by atoms with E-state index < -0.39 is 0 Å². The van der Waals surface area contributed by atoms with Crippen LogP contribution in [0.3, 0.4) is 0 Å². The number of amides is 1. The number of nitrogens with zero attached hydrogens (tertiary/aromatic N) is 1. The molecule has 3 rings (SSSR count). The summed E-state index contributed by atoms with van der Waals surface area (Å²) in [5.74, 6) is 0.975. The molecule has 1 heterocycles. The van der Waals surface area contributed by atoms with Crippen LogP contribution in [0.5, 0.6) is 5.75 Å². The van der Waals surface area contributed by atoms with Gasteiger partial charge in [0, 0.05) is 31.7 Å². The van der Waals surface area contributed by atoms with E-state index in [1.165, 1.54) is 0 Å². The summed E-state index contributed by atoms with van der Waals surface area (Å²) in [6, 6.07) is 17.0. The fraction of sp³-hybridized carbons (Fsp3) is 0.440. The molecule has 1 amide bonds. The lowest BCUT2D eigenvalue weighted by atomic mass is 10.2. The van der Waals surface area contributed by atoms with E-state index >= 15 is 0 Å². The fourth-order valence-electron chi connectivity index (χ4n) is 2.56. The molecular weight excluding hydrogens is 390 g/mol. The molecule has 172 valence electrons. The number of rotatable bonds is 6. The molecule has 1 aliphatic heterocycles. The van der Waals surface area contributed by atoms with E-state index in [4.69, 9.17) is 4.74 Å². The molecule has 1 saturated heterocycles. The van der Waals surface area contributed by atoms with Crippen LogP contribution in [0, 0.1) is 0 Å². The Bertz CT molecular complexity index is 685. The van der Waals surface area contributed by atoms with Gasteiger partial charge < -0.3 is 20.3 Å². The highest BCUT2D eigenvalue weighted by Crippen LogP contribution is 2.13. The quantitative estimate of drug-likeness (QED) is 0.684. The van der Waals surface area contributed by atoms with Gasteiger partial charge in [0.25, 0.3) is 0 Å². The average molecular weight is 430 g/mol. The van der Waals surface area contributed by atoms with Crippen molar-refractivity contribution in [2.45, 2.75) is 34.3 Å². The number of aldehydes is 1. The van der Waals surface area contributed by atoms with Gasteiger partial charge in [0.1, 0.15) is 18.6 Å². The van der Waals surface area contributed by atoms with Gasteiger partial charge >= 0.3 is 0 Å². The first-order chi connectivity index (χ1) is 15.2. The van der Waals surface area contributed by atoms with Gasteiger partial charge in [-0.05, 0) is 36.9 Å². The summed E-state index contributed by atoms with van der Waals surface area (Å²) in [4.78, 5) is 23.6. The molecule has 0 aliphatic carbocycles. The van der Waals surface area contributed by atoms with Gasteiger partial charge in [-0.15, -0.1) is 0 Å². The second-order valence-corrected chi connectivity index (χ2v) is 6.12. The topological polar surface area (TPSA) is 70.7 Å². The molecule has 6 nitrogen and oxygen atoms in total. The first kappa shape index (κ1) is 28.3. The molecule has 2 aromatic rings. The molecular formula is C25H39N3O3. The van der Waals surface area contributed by atoms with Gasteiger partial charge in [-0.1, -0.05) is 58.0 Å². The molecule has 0 aromatic heterocycles. The molecule has 0 saturated carbocycles. The number of likely N-dealkylation sites (N-methyl/N-ethyl adjacent to an activating group) is 1. The van der Waals surface area contributed by atoms with Crippen LogP contribution in [0.4, 0.5) is 0 Å². The number of ether oxygens (including phenoxy) is 1. The SMILES string of the molecule is CC.CC.CNCC(=O)N1CCNCC1.O=Cc1ccc(OCc2ccccc2)cc1. The first-order valence-electron chi connectivity index (χ1n) is 11.1. The summed E-state index contributed by atoms with van der Waals surface area (Å²) in [6.07, 6.45) is 0.820. The lowest BCUT2D eigenvalue weighted by Crippen LogP contribution is -2.48. The summed E-state index contributed by atoms with van der Waals surface area (Å²) in [7, 11) is 1.79. The Kier molecular flexibility index (Phi) is 17.6. The van der Waals surface area contributed by atoms with Crippen LogP contribution in [0.25, 0.3) is 0 Å². The van der Waals surface area contributed by atoms with Gasteiger partial charge in [0.05, 0.1) is 6.54 Å². The molecule has 2 N–H and O–H groups in total. The summed E-state index contributed by atoms with van der Waals surface area (Å²) in [5.41, 5.74) is 1.79. The molecule has 31 heavy (non-hydrogen) atoms. The average Bonchev–Trinajstić information content (AvgIpc) is 2.87. The standard InChI is InChI=1S/C14H12O2.C7H15N3O.2C2H6/c15-10-12-6-8-14(9-7-12)16-11-13-4-2-1-3-5-13;1-8-6-7(11)10-4-2-9-3-5-10;2*1-2/h1-10H,11H2;8-9H,2-6H2,1H3;2*1-2H3. The van der Waals surface area contributed by atoms with Crippen LogP contribution in [0.2, 0.25) is 0 Å². The van der Waals surface area contributed by atoms with Gasteiger partial charge in [-0.3, -0.25) is 9.59 Å². The number of carbonyl (C=O) groups excluding carboxylic acids is 2. The van der Waals surface area contributed by atoms with E-state index in [1.807, 2.05) is 62.9 Å². The van der Waals surface area contributed by atoms with Crippen molar-refractivity contribution < 1.29 is 14.3 Å². The van der Waals surface area contributed by atoms with E-state index in [9.17, 15) is 9.59 Å². The van der Waals surface area contributed by atoms with Crippen molar-refractivity contribution >= 4 is 12.2 Å². The molecule has 0 bridgehead atoms. The van der Waals surface area contributed by atoms with E-state index in [2.05, 4.69) is 10.6 Å². The Morgan fingerprint density at radius 3 is 2.10 bits per heavy atom. The van der Waals surface area contributed by atoms with E-state index in [0.717, 1.165) is 43.8 Å². The van der Waals surface area contributed by atoms with Crippen LogP contribution < -0.4 is 15.4 Å². The lowest BCUT2D eigenvalue weighted by molar-refractivity contribution is -0.130. The van der Waals surface area contributed by atoms with Crippen LogP contribution in [-0.4, -0.2) is 56.9 Å². The van der Waals surface area contributed by atoms with Gasteiger partial charge in [0.15, 0.2) is 0 Å². The number of hydrogen-bond acceptors (Lipinski definition) is 5. The normalized spacial score (nSPS) is 12.0. The Morgan fingerprint density at radius 2 is 1.58 bits per heavy atom. The van der Waals surface area contributed by atoms with Gasteiger partial charge in [0.2, 0.25) is 5.91 Å². The number of carbonyl (C=O) groups is 2. The van der Waals surface area contributed by atoms with Crippen LogP contribution in [-0.2, 0) is 11.4 Å². The third kappa shape index (κ3) is 12.6. The molecule has 6 heteroatoms. The highest BCUT2D eigenvalue weighted by molar-refractivity contribution is 5.78. The molecule has 1 fully saturated rings. The minimum Gasteiger partial charge on any atom is -0.489 e. The van der Waals surface area contributed by atoms with E-state index in [-0.39, 0.29) is 5.91 Å². The molecule has 0 spiro atoms. The van der Waals surface area contributed by atoms with Crippen molar-refractivity contribution in [3.63, 3.8) is 0 Å². The summed E-state index contributed by atoms with van der Waals surface area (Å²) in [5, 5.41) is 6.05. The summed E-state index contributed by atoms with van der Waals surface area (Å²) in [6.45, 7) is 12.5. The van der Waals surface area contributed by atoms with E-state index in [0.29, 0.717) is 18.7 Å². The fourth-order valence-corrected chi connectivity index (χ4v) is 2.56. The third-order valence-electron chi connectivity index (χ3n) is 4.06. The third-order valence-corrected chi connectivity index (χ3v) is 4.06. The Balaban J connectivity index is 0.000000526. The minimum atomic E-state index is 0.203. The summed E-state index contributed by atoms with van der Waals surface area (Å²) >= 11 is 0. The Morgan fingerprint density at radius 1 is 1.00 bits per heavy atom. The van der Waals surface area contributed by atoms with Crippen molar-refractivity contribution in [3.05, 3.63) is 65.7 Å². The molecule has 0 radical (unpaired) electrons. The van der Waals surface area contributed by atoms with Gasteiger partial charge in [-0.25, -0.2) is 0 Å². The maximum atomic E-state index is 11.2. The monoisotopic (exact) mass is 429 g/mol. The van der Waals surface area contributed by atoms with E-state index in [1.54, 1.807) is 31.3 Å². The highest BCUT2D eigenvalue weighted by Gasteiger charge is 2.14. The zero-order valence-electron chi connectivity index (χ0n) is 19.7. The van der Waals surface area contributed by atoms with Crippen molar-refractivity contribution in [2.24, 2.45) is 0 Å². The maximum Gasteiger partial charge on any atom is 0.236 e. The van der Waals surface area contributed by atoms with Crippen molar-refractivity contribution in [1.82, 2.24) is 15.5 Å². The van der Waals surface area contributed by atoms with Gasteiger partial charge in [-0.2, -0.15) is 0 Å². The molecule has 0 atom stereocenters. The zero-order chi connectivity index (χ0) is 23.3. The number of piperazine rings is 1. The first-order valence-corrected chi connectivity index (χ1v) is 11.1. The maximum absolute atomic E-state index is 11.2. The number of benzene rings is 2. The Hall–Kier alpha value is -2.70. The second kappa shape index (κ2) is 19.3. The Labute approximate surface area is 188 Å². The van der Waals surface area contributed by atoms with Crippen LogP contribution >= 0.6 is 0 Å². The van der Waals surface area contributed by atoms with Crippen LogP contribution in [0.1, 0.15) is 43.6 Å². The lowest BCUT2D eigenvalue weighted by Gasteiger charge is -2.27. The van der Waals surface area contributed by atoms with Crippen molar-refractivity contribution in [1.29, 1.82) is 0 Å². The summed E-state index contributed by atoms with van der Waals surface area (Å²) < 4.78 is 5.58. The molecule has 0 unspecified atom stereocenters. The van der Waals surface area contributed by atoms with Crippen molar-refractivity contribution in [3.8, 4) is 5.75 Å². The number of hydrogen-bond donors (Lipinski definition) is 2.